The number of methoxy groups -OCH3 is 1. The Bertz CT molecular complexity index is 471. The summed E-state index contributed by atoms with van der Waals surface area (Å²) in [6.07, 6.45) is 1.68. The van der Waals surface area contributed by atoms with E-state index in [4.69, 9.17) is 14.8 Å². The van der Waals surface area contributed by atoms with Gasteiger partial charge in [-0.2, -0.15) is 4.98 Å². The van der Waals surface area contributed by atoms with E-state index in [1.165, 1.54) is 13.3 Å². The van der Waals surface area contributed by atoms with Gasteiger partial charge in [0.1, 0.15) is 0 Å². The zero-order valence-corrected chi connectivity index (χ0v) is 10.5. The molecule has 0 spiro atoms. The Kier molecular flexibility index (Phi) is 4.18. The molecule has 1 saturated heterocycles. The first-order chi connectivity index (χ1) is 9.11. The Hall–Kier alpha value is -1.87. The van der Waals surface area contributed by atoms with Gasteiger partial charge >= 0.3 is 7.12 Å². The van der Waals surface area contributed by atoms with Crippen LogP contribution in [0.15, 0.2) is 6.20 Å². The molecule has 1 aromatic rings. The molecular formula is C10H15BN4O4. The van der Waals surface area contributed by atoms with Crippen LogP contribution in [-0.2, 0) is 4.79 Å². The monoisotopic (exact) mass is 266 g/mol. The summed E-state index contributed by atoms with van der Waals surface area (Å²) in [7, 11) is -0.290. The Balaban J connectivity index is 2.22. The second-order valence-electron chi connectivity index (χ2n) is 4.10. The molecular weight excluding hydrogens is 251 g/mol. The molecule has 1 aliphatic heterocycles. The second-order valence-corrected chi connectivity index (χ2v) is 4.10. The first-order valence-electron chi connectivity index (χ1n) is 5.90. The number of nitrogens with zero attached hydrogens (tertiary/aromatic N) is 3. The Morgan fingerprint density at radius 1 is 1.47 bits per heavy atom. The van der Waals surface area contributed by atoms with E-state index >= 15 is 0 Å². The molecule has 0 atom stereocenters. The zero-order chi connectivity index (χ0) is 13.8. The number of hydrogen-bond acceptors (Lipinski definition) is 7. The molecule has 0 unspecified atom stereocenters. The van der Waals surface area contributed by atoms with Crippen LogP contribution in [0.1, 0.15) is 6.42 Å². The number of aromatic nitrogens is 2. The number of nitrogens with one attached hydrogen (secondary N) is 1. The number of carbonyl (C=O) groups excluding carboxylic acids is 1. The Morgan fingerprint density at radius 3 is 2.95 bits per heavy atom. The summed E-state index contributed by atoms with van der Waals surface area (Å²) in [6, 6.07) is 0. The molecule has 0 bridgehead atoms. The molecule has 0 aromatic carbocycles. The third-order valence-electron chi connectivity index (χ3n) is 2.83. The van der Waals surface area contributed by atoms with Crippen molar-refractivity contribution in [3.05, 3.63) is 6.20 Å². The van der Waals surface area contributed by atoms with E-state index in [2.05, 4.69) is 15.3 Å². The molecule has 2 heterocycles. The van der Waals surface area contributed by atoms with Crippen LogP contribution in [0, 0.1) is 0 Å². The van der Waals surface area contributed by atoms with Gasteiger partial charge in [-0.1, -0.05) is 0 Å². The van der Waals surface area contributed by atoms with Crippen molar-refractivity contribution in [1.29, 1.82) is 0 Å². The number of carbonyl (C=O) groups is 1. The van der Waals surface area contributed by atoms with Crippen LogP contribution in [-0.4, -0.2) is 59.8 Å². The molecule has 1 aliphatic rings. The molecule has 0 aliphatic carbocycles. The molecule has 2 rings (SSSR count). The summed E-state index contributed by atoms with van der Waals surface area (Å²) in [5, 5.41) is 21.0. The van der Waals surface area contributed by atoms with Crippen molar-refractivity contribution in [2.75, 3.05) is 31.6 Å². The molecule has 1 fully saturated rings. The average Bonchev–Trinajstić information content (AvgIpc) is 2.62. The highest BCUT2D eigenvalue weighted by molar-refractivity contribution is 6.59. The fourth-order valence-electron chi connectivity index (χ4n) is 1.83. The van der Waals surface area contributed by atoms with Gasteiger partial charge in [-0.25, -0.2) is 4.98 Å². The van der Waals surface area contributed by atoms with E-state index < -0.39 is 7.12 Å². The van der Waals surface area contributed by atoms with Crippen molar-refractivity contribution in [1.82, 2.24) is 15.3 Å². The second kappa shape index (κ2) is 5.85. The molecule has 1 amide bonds. The van der Waals surface area contributed by atoms with E-state index in [1.807, 2.05) is 4.90 Å². The van der Waals surface area contributed by atoms with Gasteiger partial charge in [0.25, 0.3) is 0 Å². The molecule has 8 nitrogen and oxygen atoms in total. The number of hydrogen-bond donors (Lipinski definition) is 3. The van der Waals surface area contributed by atoms with Crippen molar-refractivity contribution < 1.29 is 19.6 Å². The SMILES string of the molecule is COc1nc(N2CCNC(=O)CC2)ncc1B(O)O. The van der Waals surface area contributed by atoms with Crippen LogP contribution in [0.2, 0.25) is 0 Å². The molecule has 0 saturated carbocycles. The minimum absolute atomic E-state index is 0.00290. The first-order valence-corrected chi connectivity index (χ1v) is 5.90. The van der Waals surface area contributed by atoms with E-state index in [9.17, 15) is 4.79 Å². The number of anilines is 1. The third-order valence-corrected chi connectivity index (χ3v) is 2.83. The fraction of sp³-hybridized carbons (Fsp3) is 0.500. The topological polar surface area (TPSA) is 108 Å². The normalized spacial score (nSPS) is 15.7. The number of ether oxygens (including phenoxy) is 1. The first kappa shape index (κ1) is 13.6. The largest absolute Gasteiger partial charge is 0.495 e. The van der Waals surface area contributed by atoms with E-state index in [0.29, 0.717) is 32.0 Å². The van der Waals surface area contributed by atoms with Crippen molar-refractivity contribution >= 4 is 24.4 Å². The summed E-state index contributed by atoms with van der Waals surface area (Å²) in [6.45, 7) is 1.63. The zero-order valence-electron chi connectivity index (χ0n) is 10.5. The van der Waals surface area contributed by atoms with Crippen molar-refractivity contribution in [3.63, 3.8) is 0 Å². The highest BCUT2D eigenvalue weighted by Crippen LogP contribution is 2.12. The molecule has 0 radical (unpaired) electrons. The van der Waals surface area contributed by atoms with Gasteiger partial charge in [0.05, 0.1) is 12.6 Å². The standard InChI is InChI=1S/C10H15BN4O4/c1-19-9-7(11(17)18)6-13-10(14-9)15-4-2-8(16)12-3-5-15/h6,17-18H,2-5H2,1H3,(H,12,16). The van der Waals surface area contributed by atoms with Crippen LogP contribution in [0.4, 0.5) is 5.95 Å². The minimum atomic E-state index is -1.68. The maximum atomic E-state index is 11.3. The lowest BCUT2D eigenvalue weighted by Crippen LogP contribution is -2.35. The van der Waals surface area contributed by atoms with Gasteiger partial charge in [-0.15, -0.1) is 0 Å². The summed E-state index contributed by atoms with van der Waals surface area (Å²) < 4.78 is 5.01. The van der Waals surface area contributed by atoms with E-state index in [-0.39, 0.29) is 17.2 Å². The summed E-state index contributed by atoms with van der Waals surface area (Å²) in [5.41, 5.74) is 0.107. The van der Waals surface area contributed by atoms with Gasteiger partial charge in [0.15, 0.2) is 0 Å². The number of rotatable bonds is 3. The molecule has 9 heteroatoms. The Labute approximate surface area is 110 Å². The summed E-state index contributed by atoms with van der Waals surface area (Å²) >= 11 is 0. The lowest BCUT2D eigenvalue weighted by atomic mass is 9.82. The van der Waals surface area contributed by atoms with Gasteiger partial charge in [0.2, 0.25) is 17.7 Å². The van der Waals surface area contributed by atoms with Crippen LogP contribution in [0.3, 0.4) is 0 Å². The molecule has 3 N–H and O–H groups in total. The average molecular weight is 266 g/mol. The summed E-state index contributed by atoms with van der Waals surface area (Å²) in [5.74, 6) is 0.512. The van der Waals surface area contributed by atoms with Crippen LogP contribution in [0.5, 0.6) is 5.88 Å². The van der Waals surface area contributed by atoms with E-state index in [0.717, 1.165) is 0 Å². The Morgan fingerprint density at radius 2 is 2.26 bits per heavy atom. The third kappa shape index (κ3) is 3.12. The molecule has 19 heavy (non-hydrogen) atoms. The smallest absolute Gasteiger partial charge is 0.481 e. The van der Waals surface area contributed by atoms with Crippen molar-refractivity contribution in [3.8, 4) is 5.88 Å². The van der Waals surface area contributed by atoms with Crippen molar-refractivity contribution in [2.24, 2.45) is 0 Å². The lowest BCUT2D eigenvalue weighted by Gasteiger charge is -2.20. The highest BCUT2D eigenvalue weighted by Gasteiger charge is 2.22. The van der Waals surface area contributed by atoms with Crippen LogP contribution in [0.25, 0.3) is 0 Å². The lowest BCUT2D eigenvalue weighted by molar-refractivity contribution is -0.120. The minimum Gasteiger partial charge on any atom is -0.481 e. The predicted octanol–water partition coefficient (Wildman–Crippen LogP) is -2.51. The molecule has 1 aromatic heterocycles. The van der Waals surface area contributed by atoms with Crippen molar-refractivity contribution in [2.45, 2.75) is 6.42 Å². The van der Waals surface area contributed by atoms with Gasteiger partial charge in [-0.3, -0.25) is 4.79 Å². The maximum Gasteiger partial charge on any atom is 0.495 e. The molecule has 102 valence electrons. The predicted molar refractivity (Wildman–Crippen MR) is 68.2 cm³/mol. The highest BCUT2D eigenvalue weighted by atomic mass is 16.5. The van der Waals surface area contributed by atoms with Crippen LogP contribution >= 0.6 is 0 Å². The summed E-state index contributed by atoms with van der Waals surface area (Å²) in [4.78, 5) is 21.3. The number of amides is 1. The van der Waals surface area contributed by atoms with Crippen LogP contribution < -0.4 is 20.4 Å². The fourth-order valence-corrected chi connectivity index (χ4v) is 1.83. The quantitative estimate of drug-likeness (QED) is 0.518. The van der Waals surface area contributed by atoms with E-state index in [1.54, 1.807) is 0 Å². The van der Waals surface area contributed by atoms with Gasteiger partial charge in [0, 0.05) is 32.3 Å². The van der Waals surface area contributed by atoms with Gasteiger partial charge in [-0.05, 0) is 0 Å². The van der Waals surface area contributed by atoms with Gasteiger partial charge < -0.3 is 25.0 Å². The maximum absolute atomic E-state index is 11.3.